The lowest BCUT2D eigenvalue weighted by Gasteiger charge is -2.26. The standard InChI is InChI=1S/C16H26N6O2S/c1-23-14-12-13(22-5-2-3-6-22)18-15(19-14)20-16(25)17-4-7-21-8-10-24-11-9-21/h12H,2-11H2,1H3,(H2,17,18,19,20,25). The van der Waals surface area contributed by atoms with Gasteiger partial charge < -0.3 is 25.0 Å². The molecule has 9 heteroatoms. The molecule has 0 aliphatic carbocycles. The van der Waals surface area contributed by atoms with Crippen LogP contribution < -0.4 is 20.3 Å². The van der Waals surface area contributed by atoms with Crippen LogP contribution in [0, 0.1) is 0 Å². The summed E-state index contributed by atoms with van der Waals surface area (Å²) < 4.78 is 10.6. The summed E-state index contributed by atoms with van der Waals surface area (Å²) in [7, 11) is 1.61. The number of hydrogen-bond acceptors (Lipinski definition) is 7. The van der Waals surface area contributed by atoms with Gasteiger partial charge in [-0.3, -0.25) is 4.90 Å². The third-order valence-corrected chi connectivity index (χ3v) is 4.62. The first-order valence-corrected chi connectivity index (χ1v) is 9.18. The van der Waals surface area contributed by atoms with E-state index in [1.165, 1.54) is 12.8 Å². The van der Waals surface area contributed by atoms with E-state index in [1.807, 2.05) is 6.07 Å². The average molecular weight is 366 g/mol. The molecule has 3 heterocycles. The van der Waals surface area contributed by atoms with E-state index in [9.17, 15) is 0 Å². The number of nitrogens with zero attached hydrogens (tertiary/aromatic N) is 4. The minimum Gasteiger partial charge on any atom is -0.481 e. The summed E-state index contributed by atoms with van der Waals surface area (Å²) in [5.41, 5.74) is 0. The normalized spacial score (nSPS) is 18.2. The lowest BCUT2D eigenvalue weighted by molar-refractivity contribution is 0.0389. The quantitative estimate of drug-likeness (QED) is 0.708. The van der Waals surface area contributed by atoms with Gasteiger partial charge in [-0.1, -0.05) is 0 Å². The second-order valence-electron chi connectivity index (χ2n) is 6.12. The number of morpholine rings is 1. The highest BCUT2D eigenvalue weighted by Crippen LogP contribution is 2.23. The highest BCUT2D eigenvalue weighted by atomic mass is 32.1. The van der Waals surface area contributed by atoms with Gasteiger partial charge in [0.05, 0.1) is 20.3 Å². The Kier molecular flexibility index (Phi) is 6.60. The Morgan fingerprint density at radius 2 is 2.00 bits per heavy atom. The summed E-state index contributed by atoms with van der Waals surface area (Å²) in [6, 6.07) is 1.87. The molecule has 8 nitrogen and oxygen atoms in total. The number of thiocarbonyl (C=S) groups is 1. The van der Waals surface area contributed by atoms with E-state index >= 15 is 0 Å². The number of nitrogens with one attached hydrogen (secondary N) is 2. The molecular weight excluding hydrogens is 340 g/mol. The Morgan fingerprint density at radius 3 is 2.72 bits per heavy atom. The molecule has 2 aliphatic heterocycles. The van der Waals surface area contributed by atoms with Crippen LogP contribution in [-0.4, -0.2) is 79.6 Å². The third-order valence-electron chi connectivity index (χ3n) is 4.37. The highest BCUT2D eigenvalue weighted by Gasteiger charge is 2.16. The number of hydrogen-bond donors (Lipinski definition) is 2. The van der Waals surface area contributed by atoms with Gasteiger partial charge in [0, 0.05) is 45.3 Å². The molecule has 25 heavy (non-hydrogen) atoms. The largest absolute Gasteiger partial charge is 0.481 e. The van der Waals surface area contributed by atoms with Crippen LogP contribution in [0.15, 0.2) is 6.07 Å². The topological polar surface area (TPSA) is 74.8 Å². The molecule has 2 N–H and O–H groups in total. The number of anilines is 2. The van der Waals surface area contributed by atoms with Crippen LogP contribution in [0.4, 0.5) is 11.8 Å². The van der Waals surface area contributed by atoms with E-state index < -0.39 is 0 Å². The van der Waals surface area contributed by atoms with Crippen molar-refractivity contribution in [3.63, 3.8) is 0 Å². The molecule has 0 radical (unpaired) electrons. The van der Waals surface area contributed by atoms with Crippen LogP contribution in [0.1, 0.15) is 12.8 Å². The van der Waals surface area contributed by atoms with Crippen molar-refractivity contribution in [3.8, 4) is 5.88 Å². The van der Waals surface area contributed by atoms with Crippen LogP contribution in [0.2, 0.25) is 0 Å². The van der Waals surface area contributed by atoms with Crippen LogP contribution in [0.3, 0.4) is 0 Å². The lowest BCUT2D eigenvalue weighted by Crippen LogP contribution is -2.42. The number of aromatic nitrogens is 2. The minimum atomic E-state index is 0.463. The molecule has 0 bridgehead atoms. The van der Waals surface area contributed by atoms with Crippen LogP contribution in [0.25, 0.3) is 0 Å². The van der Waals surface area contributed by atoms with Gasteiger partial charge in [0.1, 0.15) is 5.82 Å². The zero-order valence-electron chi connectivity index (χ0n) is 14.7. The fourth-order valence-electron chi connectivity index (χ4n) is 2.98. The predicted molar refractivity (Wildman–Crippen MR) is 102 cm³/mol. The van der Waals surface area contributed by atoms with Crippen LogP contribution in [-0.2, 0) is 4.74 Å². The van der Waals surface area contributed by atoms with E-state index in [2.05, 4.69) is 30.4 Å². The summed E-state index contributed by atoms with van der Waals surface area (Å²) in [6.45, 7) is 7.29. The van der Waals surface area contributed by atoms with E-state index in [0.29, 0.717) is 16.9 Å². The van der Waals surface area contributed by atoms with Crippen molar-refractivity contribution in [2.24, 2.45) is 0 Å². The molecule has 0 amide bonds. The number of ether oxygens (including phenoxy) is 2. The van der Waals surface area contributed by atoms with Gasteiger partial charge in [0.25, 0.3) is 0 Å². The zero-order chi connectivity index (χ0) is 17.5. The maximum atomic E-state index is 5.36. The van der Waals surface area contributed by atoms with E-state index in [0.717, 1.165) is 58.3 Å². The Balaban J connectivity index is 1.51. The molecule has 0 atom stereocenters. The molecule has 2 saturated heterocycles. The Bertz CT molecular complexity index is 576. The SMILES string of the molecule is COc1cc(N2CCCC2)nc(NC(=S)NCCN2CCOCC2)n1. The van der Waals surface area contributed by atoms with Crippen molar-refractivity contribution in [1.29, 1.82) is 0 Å². The first kappa shape index (κ1) is 18.1. The van der Waals surface area contributed by atoms with Gasteiger partial charge in [0.15, 0.2) is 5.11 Å². The molecule has 0 spiro atoms. The Hall–Kier alpha value is -1.71. The van der Waals surface area contributed by atoms with Crippen LogP contribution >= 0.6 is 12.2 Å². The van der Waals surface area contributed by atoms with E-state index in [-0.39, 0.29) is 0 Å². The molecule has 1 aromatic rings. The summed E-state index contributed by atoms with van der Waals surface area (Å²) in [4.78, 5) is 13.5. The van der Waals surface area contributed by atoms with E-state index in [4.69, 9.17) is 21.7 Å². The average Bonchev–Trinajstić information content (AvgIpc) is 3.17. The maximum absolute atomic E-state index is 5.36. The molecule has 3 rings (SSSR count). The Labute approximate surface area is 153 Å². The fourth-order valence-corrected chi connectivity index (χ4v) is 3.17. The molecule has 0 unspecified atom stereocenters. The summed E-state index contributed by atoms with van der Waals surface area (Å²) >= 11 is 5.36. The molecule has 1 aromatic heterocycles. The predicted octanol–water partition coefficient (Wildman–Crippen LogP) is 0.704. The van der Waals surface area contributed by atoms with Crippen molar-refractivity contribution in [2.75, 3.05) is 69.8 Å². The molecule has 0 aromatic carbocycles. The van der Waals surface area contributed by atoms with Gasteiger partial charge >= 0.3 is 0 Å². The monoisotopic (exact) mass is 366 g/mol. The molecule has 138 valence electrons. The minimum absolute atomic E-state index is 0.463. The second kappa shape index (κ2) is 9.12. The highest BCUT2D eigenvalue weighted by molar-refractivity contribution is 7.80. The van der Waals surface area contributed by atoms with Gasteiger partial charge in [-0.2, -0.15) is 9.97 Å². The van der Waals surface area contributed by atoms with Gasteiger partial charge in [-0.05, 0) is 25.1 Å². The van der Waals surface area contributed by atoms with Crippen molar-refractivity contribution >= 4 is 29.1 Å². The maximum Gasteiger partial charge on any atom is 0.234 e. The van der Waals surface area contributed by atoms with Crippen molar-refractivity contribution in [2.45, 2.75) is 12.8 Å². The fraction of sp³-hybridized carbons (Fsp3) is 0.688. The molecule has 2 fully saturated rings. The van der Waals surface area contributed by atoms with Gasteiger partial charge in [0.2, 0.25) is 11.8 Å². The van der Waals surface area contributed by atoms with Crippen LogP contribution in [0.5, 0.6) is 5.88 Å². The van der Waals surface area contributed by atoms with Crippen molar-refractivity contribution < 1.29 is 9.47 Å². The molecule has 2 aliphatic rings. The van der Waals surface area contributed by atoms with Crippen molar-refractivity contribution in [3.05, 3.63) is 6.07 Å². The Morgan fingerprint density at radius 1 is 1.24 bits per heavy atom. The second-order valence-corrected chi connectivity index (χ2v) is 6.53. The van der Waals surface area contributed by atoms with Crippen molar-refractivity contribution in [1.82, 2.24) is 20.2 Å². The van der Waals surface area contributed by atoms with Gasteiger partial charge in [-0.15, -0.1) is 0 Å². The zero-order valence-corrected chi connectivity index (χ0v) is 15.5. The van der Waals surface area contributed by atoms with Gasteiger partial charge in [-0.25, -0.2) is 0 Å². The summed E-state index contributed by atoms with van der Waals surface area (Å²) in [5, 5.41) is 6.80. The molecule has 0 saturated carbocycles. The smallest absolute Gasteiger partial charge is 0.234 e. The number of methoxy groups -OCH3 is 1. The summed E-state index contributed by atoms with van der Waals surface area (Å²) in [5.74, 6) is 1.88. The molecular formula is C16H26N6O2S. The lowest BCUT2D eigenvalue weighted by atomic mass is 10.4. The summed E-state index contributed by atoms with van der Waals surface area (Å²) in [6.07, 6.45) is 2.38. The number of rotatable bonds is 6. The first-order valence-electron chi connectivity index (χ1n) is 8.77. The third kappa shape index (κ3) is 5.38. The van der Waals surface area contributed by atoms with E-state index in [1.54, 1.807) is 7.11 Å². The first-order chi connectivity index (χ1) is 12.2.